The predicted octanol–water partition coefficient (Wildman–Crippen LogP) is 3.44. The van der Waals surface area contributed by atoms with E-state index in [1.165, 1.54) is 0 Å². The quantitative estimate of drug-likeness (QED) is 0.453. The van der Waals surface area contributed by atoms with Crippen LogP contribution in [-0.4, -0.2) is 14.3 Å². The number of halogens is 3. The number of allylic oxidation sites excluding steroid dienone is 1. The molecule has 0 unspecified atom stereocenters. The molecule has 0 heterocycles. The van der Waals surface area contributed by atoms with Crippen LogP contribution in [-0.2, 0) is 0 Å². The molecule has 0 atom stereocenters. The second-order valence-electron chi connectivity index (χ2n) is 3.84. The van der Waals surface area contributed by atoms with Gasteiger partial charge in [-0.3, -0.25) is 0 Å². The molecule has 0 aliphatic heterocycles. The van der Waals surface area contributed by atoms with Crippen LogP contribution in [0.4, 0.5) is 13.2 Å². The van der Waals surface area contributed by atoms with E-state index in [1.54, 1.807) is 0 Å². The zero-order chi connectivity index (χ0) is 9.28. The molecule has 0 saturated heterocycles. The molecule has 0 amide bonds. The molecule has 0 saturated carbocycles. The maximum Gasteiger partial charge on any atom is 0.411 e. The lowest BCUT2D eigenvalue weighted by molar-refractivity contribution is -0.0910. The summed E-state index contributed by atoms with van der Waals surface area (Å²) in [6.45, 7) is 8.70. The van der Waals surface area contributed by atoms with E-state index in [0.29, 0.717) is 0 Å². The van der Waals surface area contributed by atoms with Crippen molar-refractivity contribution in [3.8, 4) is 0 Å². The normalized spacial score (nSPS) is 13.3. The first-order chi connectivity index (χ1) is 4.63. The standard InChI is InChI=1S/C7H13F3Si/c1-6(7(8,9)10)5-11(2,3)4/h1,5H2,2-4H3. The van der Waals surface area contributed by atoms with Crippen LogP contribution in [0.25, 0.3) is 0 Å². The second kappa shape index (κ2) is 3.01. The van der Waals surface area contributed by atoms with Crippen LogP contribution >= 0.6 is 0 Å². The molecule has 0 aromatic carbocycles. The van der Waals surface area contributed by atoms with Crippen LogP contribution in [0.3, 0.4) is 0 Å². The first kappa shape index (κ1) is 10.7. The van der Waals surface area contributed by atoms with Gasteiger partial charge in [0.1, 0.15) is 0 Å². The van der Waals surface area contributed by atoms with Crippen molar-refractivity contribution in [2.45, 2.75) is 31.9 Å². The Morgan fingerprint density at radius 1 is 1.27 bits per heavy atom. The topological polar surface area (TPSA) is 0 Å². The summed E-state index contributed by atoms with van der Waals surface area (Å²) in [6.07, 6.45) is -4.19. The molecule has 0 bridgehead atoms. The Balaban J connectivity index is 4.11. The van der Waals surface area contributed by atoms with Gasteiger partial charge in [-0.1, -0.05) is 26.2 Å². The molecule has 0 aliphatic carbocycles. The van der Waals surface area contributed by atoms with E-state index in [1.807, 2.05) is 19.6 Å². The third-order valence-corrected chi connectivity index (χ3v) is 2.63. The summed E-state index contributed by atoms with van der Waals surface area (Å²) < 4.78 is 35.7. The SMILES string of the molecule is C=C(C[Si](C)(C)C)C(F)(F)F. The third kappa shape index (κ3) is 5.06. The molecule has 0 nitrogen and oxygen atoms in total. The Bertz CT molecular complexity index is 152. The highest BCUT2D eigenvalue weighted by Crippen LogP contribution is 2.30. The van der Waals surface area contributed by atoms with Gasteiger partial charge >= 0.3 is 6.18 Å². The van der Waals surface area contributed by atoms with Gasteiger partial charge < -0.3 is 0 Å². The Kier molecular flexibility index (Phi) is 2.94. The van der Waals surface area contributed by atoms with E-state index in [4.69, 9.17) is 0 Å². The highest BCUT2D eigenvalue weighted by atomic mass is 28.3. The second-order valence-corrected chi connectivity index (χ2v) is 9.31. The van der Waals surface area contributed by atoms with Gasteiger partial charge in [0.2, 0.25) is 0 Å². The fourth-order valence-corrected chi connectivity index (χ4v) is 2.22. The van der Waals surface area contributed by atoms with Gasteiger partial charge in [-0.2, -0.15) is 13.2 Å². The van der Waals surface area contributed by atoms with Gasteiger partial charge in [-0.05, 0) is 6.04 Å². The molecule has 0 aromatic rings. The summed E-state index contributed by atoms with van der Waals surface area (Å²) in [5.41, 5.74) is -0.586. The van der Waals surface area contributed by atoms with E-state index < -0.39 is 19.8 Å². The minimum absolute atomic E-state index is 0.135. The molecule has 0 radical (unpaired) electrons. The maximum absolute atomic E-state index is 11.9. The molecule has 66 valence electrons. The molecule has 0 aromatic heterocycles. The molecule has 11 heavy (non-hydrogen) atoms. The van der Waals surface area contributed by atoms with Gasteiger partial charge in [0.25, 0.3) is 0 Å². The smallest absolute Gasteiger partial charge is 0.167 e. The highest BCUT2D eigenvalue weighted by Gasteiger charge is 2.34. The molecule has 0 rings (SSSR count). The average molecular weight is 182 g/mol. The molecule has 0 fully saturated rings. The summed E-state index contributed by atoms with van der Waals surface area (Å²) in [5.74, 6) is 0. The van der Waals surface area contributed by atoms with Crippen LogP contribution < -0.4 is 0 Å². The monoisotopic (exact) mass is 182 g/mol. The number of rotatable bonds is 2. The van der Waals surface area contributed by atoms with Crippen molar-refractivity contribution in [1.82, 2.24) is 0 Å². The fraction of sp³-hybridized carbons (Fsp3) is 0.714. The molecule has 0 N–H and O–H groups in total. The van der Waals surface area contributed by atoms with Crippen LogP contribution in [0.2, 0.25) is 25.7 Å². The van der Waals surface area contributed by atoms with Crippen molar-refractivity contribution in [2.75, 3.05) is 0 Å². The lowest BCUT2D eigenvalue weighted by atomic mass is 10.3. The summed E-state index contributed by atoms with van der Waals surface area (Å²) in [7, 11) is -1.65. The van der Waals surface area contributed by atoms with E-state index >= 15 is 0 Å². The van der Waals surface area contributed by atoms with Crippen molar-refractivity contribution in [3.05, 3.63) is 12.2 Å². The van der Waals surface area contributed by atoms with Crippen LogP contribution in [0.1, 0.15) is 0 Å². The minimum Gasteiger partial charge on any atom is -0.167 e. The van der Waals surface area contributed by atoms with Crippen molar-refractivity contribution in [3.63, 3.8) is 0 Å². The molecule has 0 aliphatic rings. The molecular weight excluding hydrogens is 169 g/mol. The van der Waals surface area contributed by atoms with Gasteiger partial charge in [-0.15, -0.1) is 0 Å². The lowest BCUT2D eigenvalue weighted by Crippen LogP contribution is -2.24. The minimum atomic E-state index is -4.19. The summed E-state index contributed by atoms with van der Waals surface area (Å²) in [4.78, 5) is 0. The van der Waals surface area contributed by atoms with Gasteiger partial charge in [0.15, 0.2) is 0 Å². The van der Waals surface area contributed by atoms with Gasteiger partial charge in [0.05, 0.1) is 0 Å². The lowest BCUT2D eigenvalue weighted by Gasteiger charge is -2.18. The van der Waals surface area contributed by atoms with E-state index in [9.17, 15) is 13.2 Å². The van der Waals surface area contributed by atoms with E-state index in [2.05, 4.69) is 6.58 Å². The van der Waals surface area contributed by atoms with Gasteiger partial charge in [-0.25, -0.2) is 0 Å². The average Bonchev–Trinajstić information content (AvgIpc) is 1.56. The number of hydrogen-bond acceptors (Lipinski definition) is 0. The first-order valence-electron chi connectivity index (χ1n) is 3.38. The largest absolute Gasteiger partial charge is 0.411 e. The first-order valence-corrected chi connectivity index (χ1v) is 7.08. The Hall–Kier alpha value is -0.253. The van der Waals surface area contributed by atoms with Crippen molar-refractivity contribution < 1.29 is 13.2 Å². The van der Waals surface area contributed by atoms with Crippen molar-refractivity contribution in [2.24, 2.45) is 0 Å². The van der Waals surface area contributed by atoms with E-state index in [0.717, 1.165) is 0 Å². The van der Waals surface area contributed by atoms with Crippen molar-refractivity contribution in [1.29, 1.82) is 0 Å². The van der Waals surface area contributed by atoms with Crippen molar-refractivity contribution >= 4 is 8.07 Å². The predicted molar refractivity (Wildman–Crippen MR) is 43.3 cm³/mol. The Morgan fingerprint density at radius 2 is 1.64 bits per heavy atom. The Morgan fingerprint density at radius 3 is 1.73 bits per heavy atom. The molecule has 4 heteroatoms. The number of alkyl halides is 3. The van der Waals surface area contributed by atoms with E-state index in [-0.39, 0.29) is 6.04 Å². The van der Waals surface area contributed by atoms with Crippen LogP contribution in [0.15, 0.2) is 12.2 Å². The highest BCUT2D eigenvalue weighted by molar-refractivity contribution is 6.76. The maximum atomic E-state index is 11.9. The fourth-order valence-electron chi connectivity index (χ4n) is 0.740. The summed E-state index contributed by atoms with van der Waals surface area (Å²) in [5, 5.41) is 0. The van der Waals surface area contributed by atoms with Gasteiger partial charge in [0, 0.05) is 13.6 Å². The van der Waals surface area contributed by atoms with Crippen LogP contribution in [0, 0.1) is 0 Å². The zero-order valence-corrected chi connectivity index (χ0v) is 8.05. The van der Waals surface area contributed by atoms with Crippen LogP contribution in [0.5, 0.6) is 0 Å². The molecule has 0 spiro atoms. The summed E-state index contributed by atoms with van der Waals surface area (Å²) in [6, 6.07) is 0.135. The zero-order valence-electron chi connectivity index (χ0n) is 7.05. The summed E-state index contributed by atoms with van der Waals surface area (Å²) >= 11 is 0. The third-order valence-electron chi connectivity index (χ3n) is 1.14. The number of hydrogen-bond donors (Lipinski definition) is 0. The molecular formula is C7H13F3Si. The Labute approximate surface area is 66.1 Å².